The van der Waals surface area contributed by atoms with E-state index in [0.29, 0.717) is 16.9 Å². The van der Waals surface area contributed by atoms with E-state index in [-0.39, 0.29) is 22.2 Å². The molecule has 0 aliphatic heterocycles. The number of hydrogen-bond acceptors (Lipinski definition) is 4. The first kappa shape index (κ1) is 19.1. The van der Waals surface area contributed by atoms with Crippen molar-refractivity contribution in [2.75, 3.05) is 5.32 Å². The molecule has 0 radical (unpaired) electrons. The Kier molecular flexibility index (Phi) is 5.29. The summed E-state index contributed by atoms with van der Waals surface area (Å²) < 4.78 is 38.1. The van der Waals surface area contributed by atoms with Crippen LogP contribution in [0.25, 0.3) is 11.5 Å². The number of carbonyl (C=O) groups excluding carboxylic acids is 1. The first-order valence-corrected chi connectivity index (χ1v) is 8.13. The third kappa shape index (κ3) is 4.53. The lowest BCUT2D eigenvalue weighted by Gasteiger charge is -2.09. The number of halogens is 5. The predicted octanol–water partition coefficient (Wildman–Crippen LogP) is 5.12. The van der Waals surface area contributed by atoms with Gasteiger partial charge in [0.15, 0.2) is 5.82 Å². The summed E-state index contributed by atoms with van der Waals surface area (Å²) in [6.45, 7) is 0. The van der Waals surface area contributed by atoms with Crippen molar-refractivity contribution in [1.82, 2.24) is 15.0 Å². The predicted molar refractivity (Wildman–Crippen MR) is 94.7 cm³/mol. The normalized spacial score (nSPS) is 11.3. The Morgan fingerprint density at radius 1 is 1.04 bits per heavy atom. The number of alkyl halides is 3. The molecule has 0 saturated heterocycles. The summed E-state index contributed by atoms with van der Waals surface area (Å²) in [4.78, 5) is 24.0. The Balaban J connectivity index is 1.87. The summed E-state index contributed by atoms with van der Waals surface area (Å²) in [6.07, 6.45) is -2.66. The average molecular weight is 413 g/mol. The number of carbonyl (C=O) groups is 1. The topological polar surface area (TPSA) is 67.8 Å². The molecule has 0 fully saturated rings. The quantitative estimate of drug-likeness (QED) is 0.648. The van der Waals surface area contributed by atoms with Crippen LogP contribution in [0.2, 0.25) is 10.0 Å². The van der Waals surface area contributed by atoms with Crippen molar-refractivity contribution >= 4 is 34.8 Å². The number of nitrogens with one attached hydrogen (secondary N) is 1. The molecule has 0 spiro atoms. The fraction of sp³-hybridized carbons (Fsp3) is 0.0588. The van der Waals surface area contributed by atoms with E-state index in [9.17, 15) is 18.0 Å². The highest BCUT2D eigenvalue weighted by Crippen LogP contribution is 2.33. The van der Waals surface area contributed by atoms with Crippen molar-refractivity contribution in [3.8, 4) is 11.5 Å². The van der Waals surface area contributed by atoms with E-state index in [1.807, 2.05) is 0 Å². The van der Waals surface area contributed by atoms with E-state index < -0.39 is 17.6 Å². The van der Waals surface area contributed by atoms with Crippen LogP contribution in [-0.4, -0.2) is 20.9 Å². The van der Waals surface area contributed by atoms with Crippen molar-refractivity contribution in [3.63, 3.8) is 0 Å². The van der Waals surface area contributed by atoms with E-state index in [1.54, 1.807) is 24.3 Å². The Bertz CT molecular complexity index is 994. The Morgan fingerprint density at radius 3 is 2.37 bits per heavy atom. The van der Waals surface area contributed by atoms with Gasteiger partial charge < -0.3 is 5.32 Å². The molecule has 0 aliphatic carbocycles. The maximum Gasteiger partial charge on any atom is 0.417 e. The van der Waals surface area contributed by atoms with Gasteiger partial charge in [0.2, 0.25) is 0 Å². The highest BCUT2D eigenvalue weighted by atomic mass is 35.5. The van der Waals surface area contributed by atoms with Crippen LogP contribution in [0.3, 0.4) is 0 Å². The van der Waals surface area contributed by atoms with Gasteiger partial charge in [0, 0.05) is 23.1 Å². The molecule has 27 heavy (non-hydrogen) atoms. The van der Waals surface area contributed by atoms with Crippen LogP contribution in [0.5, 0.6) is 0 Å². The molecule has 2 aromatic heterocycles. The summed E-state index contributed by atoms with van der Waals surface area (Å²) in [7, 11) is 0. The van der Waals surface area contributed by atoms with E-state index in [2.05, 4.69) is 20.3 Å². The summed E-state index contributed by atoms with van der Waals surface area (Å²) in [5.74, 6) is -0.610. The monoisotopic (exact) mass is 412 g/mol. The minimum absolute atomic E-state index is 0.00675. The van der Waals surface area contributed by atoms with Crippen LogP contribution >= 0.6 is 23.2 Å². The van der Waals surface area contributed by atoms with Gasteiger partial charge >= 0.3 is 6.18 Å². The second-order valence-corrected chi connectivity index (χ2v) is 6.12. The molecule has 1 aromatic carbocycles. The Hall–Kier alpha value is -2.71. The number of aromatic nitrogens is 3. The first-order chi connectivity index (χ1) is 12.7. The molecule has 1 N–H and O–H groups in total. The molecule has 0 unspecified atom stereocenters. The van der Waals surface area contributed by atoms with E-state index in [4.69, 9.17) is 23.2 Å². The fourth-order valence-electron chi connectivity index (χ4n) is 2.09. The van der Waals surface area contributed by atoms with Gasteiger partial charge in [0.25, 0.3) is 5.91 Å². The zero-order valence-electron chi connectivity index (χ0n) is 13.3. The zero-order valence-corrected chi connectivity index (χ0v) is 14.8. The summed E-state index contributed by atoms with van der Waals surface area (Å²) in [6, 6.07) is 8.51. The maximum atomic E-state index is 12.7. The Labute approximate surface area is 161 Å². The van der Waals surface area contributed by atoms with Gasteiger partial charge in [-0.2, -0.15) is 13.2 Å². The molecule has 3 rings (SSSR count). The largest absolute Gasteiger partial charge is 0.417 e. The number of amides is 1. The number of pyridine rings is 1. The summed E-state index contributed by atoms with van der Waals surface area (Å²) in [5.41, 5.74) is -0.568. The molecule has 138 valence electrons. The molecule has 0 saturated carbocycles. The second-order valence-electron chi connectivity index (χ2n) is 5.28. The number of rotatable bonds is 3. The van der Waals surface area contributed by atoms with Crippen LogP contribution in [0.4, 0.5) is 18.9 Å². The average Bonchev–Trinajstić information content (AvgIpc) is 2.63. The van der Waals surface area contributed by atoms with Crippen LogP contribution in [-0.2, 0) is 6.18 Å². The molecule has 0 aliphatic rings. The van der Waals surface area contributed by atoms with Crippen molar-refractivity contribution in [1.29, 1.82) is 0 Å². The standard InChI is InChI=1S/C17H9Cl2F3N4O/c18-10-1-3-11(4-2-10)25-16(27)13-5-6-23-15(26-13)14-12(19)7-9(8-24-14)17(20,21)22/h1-8H,(H,25,27). The molecule has 5 nitrogen and oxygen atoms in total. The number of anilines is 1. The number of nitrogens with zero attached hydrogens (tertiary/aromatic N) is 3. The van der Waals surface area contributed by atoms with E-state index >= 15 is 0 Å². The summed E-state index contributed by atoms with van der Waals surface area (Å²) in [5, 5.41) is 2.85. The zero-order chi connectivity index (χ0) is 19.6. The number of hydrogen-bond donors (Lipinski definition) is 1. The molecule has 2 heterocycles. The Morgan fingerprint density at radius 2 is 1.74 bits per heavy atom. The number of benzene rings is 1. The van der Waals surface area contributed by atoms with Gasteiger partial charge in [-0.15, -0.1) is 0 Å². The van der Waals surface area contributed by atoms with Crippen molar-refractivity contribution in [3.05, 3.63) is 70.1 Å². The van der Waals surface area contributed by atoms with Crippen LogP contribution in [0.15, 0.2) is 48.8 Å². The van der Waals surface area contributed by atoms with Crippen LogP contribution < -0.4 is 5.32 Å². The minimum Gasteiger partial charge on any atom is -0.321 e. The summed E-state index contributed by atoms with van der Waals surface area (Å²) >= 11 is 11.7. The SMILES string of the molecule is O=C(Nc1ccc(Cl)cc1)c1ccnc(-c2ncc(C(F)(F)F)cc2Cl)n1. The van der Waals surface area contributed by atoms with Gasteiger partial charge in [0.05, 0.1) is 10.6 Å². The fourth-order valence-corrected chi connectivity index (χ4v) is 2.46. The molecular formula is C17H9Cl2F3N4O. The molecule has 3 aromatic rings. The van der Waals surface area contributed by atoms with Crippen LogP contribution in [0.1, 0.15) is 16.1 Å². The van der Waals surface area contributed by atoms with Crippen LogP contribution in [0, 0.1) is 0 Å². The van der Waals surface area contributed by atoms with Gasteiger partial charge in [0.1, 0.15) is 11.4 Å². The third-order valence-electron chi connectivity index (χ3n) is 3.37. The lowest BCUT2D eigenvalue weighted by molar-refractivity contribution is -0.137. The first-order valence-electron chi connectivity index (χ1n) is 7.37. The molecule has 1 amide bonds. The molecule has 0 atom stereocenters. The van der Waals surface area contributed by atoms with Gasteiger partial charge in [-0.25, -0.2) is 9.97 Å². The van der Waals surface area contributed by atoms with Gasteiger partial charge in [-0.3, -0.25) is 9.78 Å². The third-order valence-corrected chi connectivity index (χ3v) is 3.91. The van der Waals surface area contributed by atoms with Crippen molar-refractivity contribution in [2.24, 2.45) is 0 Å². The maximum absolute atomic E-state index is 12.7. The van der Waals surface area contributed by atoms with Gasteiger partial charge in [-0.05, 0) is 36.4 Å². The molecule has 0 bridgehead atoms. The van der Waals surface area contributed by atoms with Gasteiger partial charge in [-0.1, -0.05) is 23.2 Å². The highest BCUT2D eigenvalue weighted by Gasteiger charge is 2.32. The molecular weight excluding hydrogens is 404 g/mol. The second kappa shape index (κ2) is 7.50. The smallest absolute Gasteiger partial charge is 0.321 e. The highest BCUT2D eigenvalue weighted by molar-refractivity contribution is 6.33. The molecule has 10 heteroatoms. The van der Waals surface area contributed by atoms with Crippen molar-refractivity contribution < 1.29 is 18.0 Å². The van der Waals surface area contributed by atoms with E-state index in [1.165, 1.54) is 12.3 Å². The van der Waals surface area contributed by atoms with Crippen molar-refractivity contribution in [2.45, 2.75) is 6.18 Å². The lowest BCUT2D eigenvalue weighted by Crippen LogP contribution is -2.14. The van der Waals surface area contributed by atoms with E-state index in [0.717, 1.165) is 6.07 Å². The lowest BCUT2D eigenvalue weighted by atomic mass is 10.2. The minimum atomic E-state index is -4.57.